The molecule has 0 saturated carbocycles. The van der Waals surface area contributed by atoms with Crippen LogP contribution >= 0.6 is 12.6 Å². The van der Waals surface area contributed by atoms with E-state index in [2.05, 4.69) is 17.9 Å². The molecule has 1 atom stereocenters. The van der Waals surface area contributed by atoms with Crippen molar-refractivity contribution >= 4 is 18.5 Å². The molecule has 3 heteroatoms. The van der Waals surface area contributed by atoms with Crippen LogP contribution in [0.15, 0.2) is 0 Å². The van der Waals surface area contributed by atoms with Crippen LogP contribution in [0.4, 0.5) is 0 Å². The van der Waals surface area contributed by atoms with Gasteiger partial charge in [0.1, 0.15) is 0 Å². The van der Waals surface area contributed by atoms with Gasteiger partial charge >= 0.3 is 0 Å². The van der Waals surface area contributed by atoms with Gasteiger partial charge in [-0.15, -0.1) is 0 Å². The Morgan fingerprint density at radius 1 is 1.64 bits per heavy atom. The average molecular weight is 175 g/mol. The van der Waals surface area contributed by atoms with Gasteiger partial charge in [0.15, 0.2) is 0 Å². The Morgan fingerprint density at radius 3 is 2.73 bits per heavy atom. The fraction of sp³-hybridized carbons (Fsp3) is 0.875. The van der Waals surface area contributed by atoms with Gasteiger partial charge in [0.25, 0.3) is 0 Å². The molecular formula is C8H17NOS. The monoisotopic (exact) mass is 175 g/mol. The Balaban J connectivity index is 3.17. The van der Waals surface area contributed by atoms with E-state index in [0.29, 0.717) is 11.7 Å². The summed E-state index contributed by atoms with van der Waals surface area (Å²) in [6.45, 7) is 4.70. The zero-order valence-corrected chi connectivity index (χ0v) is 8.16. The summed E-state index contributed by atoms with van der Waals surface area (Å²) in [6.07, 6.45) is 2.59. The first kappa shape index (κ1) is 10.8. The summed E-state index contributed by atoms with van der Waals surface area (Å²) in [5.41, 5.74) is 0. The molecule has 0 aromatic carbocycles. The smallest absolute Gasteiger partial charge is 0.219 e. The maximum Gasteiger partial charge on any atom is 0.219 e. The first-order valence-electron chi connectivity index (χ1n) is 4.11. The van der Waals surface area contributed by atoms with Gasteiger partial charge in [0.2, 0.25) is 5.91 Å². The van der Waals surface area contributed by atoms with Gasteiger partial charge in [-0.3, -0.25) is 4.79 Å². The highest BCUT2D eigenvalue weighted by molar-refractivity contribution is 7.80. The van der Waals surface area contributed by atoms with Gasteiger partial charge in [0.05, 0.1) is 0 Å². The van der Waals surface area contributed by atoms with Crippen LogP contribution in [0.25, 0.3) is 0 Å². The molecule has 0 aromatic heterocycles. The van der Waals surface area contributed by atoms with E-state index in [1.54, 1.807) is 0 Å². The third kappa shape index (κ3) is 7.72. The van der Waals surface area contributed by atoms with E-state index in [0.717, 1.165) is 19.4 Å². The lowest BCUT2D eigenvalue weighted by molar-refractivity contribution is -0.121. The highest BCUT2D eigenvalue weighted by Gasteiger charge is 2.00. The highest BCUT2D eigenvalue weighted by Crippen LogP contribution is 2.05. The second-order valence-corrected chi connectivity index (χ2v) is 3.58. The van der Waals surface area contributed by atoms with Crippen LogP contribution in [0, 0.1) is 0 Å². The quantitative estimate of drug-likeness (QED) is 0.611. The number of carbonyl (C=O) groups excluding carboxylic acids is 1. The van der Waals surface area contributed by atoms with Gasteiger partial charge in [-0.2, -0.15) is 12.6 Å². The minimum atomic E-state index is 0.154. The molecule has 0 aliphatic rings. The van der Waals surface area contributed by atoms with E-state index in [-0.39, 0.29) is 5.91 Å². The van der Waals surface area contributed by atoms with Crippen molar-refractivity contribution in [1.29, 1.82) is 0 Å². The van der Waals surface area contributed by atoms with Crippen molar-refractivity contribution in [1.82, 2.24) is 5.32 Å². The SMILES string of the molecule is CCNC(=O)CCCC(C)S. The summed E-state index contributed by atoms with van der Waals surface area (Å²) in [7, 11) is 0. The van der Waals surface area contributed by atoms with E-state index >= 15 is 0 Å². The largest absolute Gasteiger partial charge is 0.356 e. The predicted molar refractivity (Wildman–Crippen MR) is 51.0 cm³/mol. The summed E-state index contributed by atoms with van der Waals surface area (Å²) in [5, 5.41) is 3.16. The third-order valence-corrected chi connectivity index (χ3v) is 1.66. The predicted octanol–water partition coefficient (Wildman–Crippen LogP) is 1.61. The molecule has 0 spiro atoms. The maximum absolute atomic E-state index is 10.9. The molecule has 11 heavy (non-hydrogen) atoms. The van der Waals surface area contributed by atoms with E-state index in [1.807, 2.05) is 13.8 Å². The number of rotatable bonds is 5. The third-order valence-electron chi connectivity index (χ3n) is 1.40. The molecule has 0 fully saturated rings. The first-order valence-corrected chi connectivity index (χ1v) is 4.63. The van der Waals surface area contributed by atoms with Crippen LogP contribution < -0.4 is 5.32 Å². The molecule has 0 rings (SSSR count). The van der Waals surface area contributed by atoms with Crippen LogP contribution in [0.3, 0.4) is 0 Å². The second kappa shape index (κ2) is 6.53. The molecule has 0 heterocycles. The number of thiol groups is 1. The Kier molecular flexibility index (Phi) is 6.42. The molecule has 0 aliphatic heterocycles. The van der Waals surface area contributed by atoms with Crippen LogP contribution in [0.2, 0.25) is 0 Å². The van der Waals surface area contributed by atoms with Crippen molar-refractivity contribution in [2.24, 2.45) is 0 Å². The lowest BCUT2D eigenvalue weighted by Crippen LogP contribution is -2.22. The lowest BCUT2D eigenvalue weighted by Gasteiger charge is -2.03. The standard InChI is InChI=1S/C8H17NOS/c1-3-9-8(10)6-4-5-7(2)11/h7,11H,3-6H2,1-2H3,(H,9,10). The number of nitrogens with one attached hydrogen (secondary N) is 1. The molecular weight excluding hydrogens is 158 g/mol. The molecule has 66 valence electrons. The van der Waals surface area contributed by atoms with Crippen molar-refractivity contribution in [2.45, 2.75) is 38.4 Å². The first-order chi connectivity index (χ1) is 5.16. The van der Waals surface area contributed by atoms with Crippen molar-refractivity contribution in [3.8, 4) is 0 Å². The number of hydrogen-bond acceptors (Lipinski definition) is 2. The minimum Gasteiger partial charge on any atom is -0.356 e. The van der Waals surface area contributed by atoms with Crippen molar-refractivity contribution < 1.29 is 4.79 Å². The van der Waals surface area contributed by atoms with E-state index in [4.69, 9.17) is 0 Å². The van der Waals surface area contributed by atoms with Gasteiger partial charge in [0, 0.05) is 13.0 Å². The second-order valence-electron chi connectivity index (χ2n) is 2.69. The Morgan fingerprint density at radius 2 is 2.27 bits per heavy atom. The summed E-state index contributed by atoms with van der Waals surface area (Å²) in [6, 6.07) is 0. The van der Waals surface area contributed by atoms with Crippen LogP contribution in [0.1, 0.15) is 33.1 Å². The molecule has 1 N–H and O–H groups in total. The Bertz CT molecular complexity index is 115. The molecule has 0 bridgehead atoms. The summed E-state index contributed by atoms with van der Waals surface area (Å²) in [5.74, 6) is 0.154. The Labute approximate surface area is 74.2 Å². The molecule has 0 aromatic rings. The summed E-state index contributed by atoms with van der Waals surface area (Å²) < 4.78 is 0. The maximum atomic E-state index is 10.9. The van der Waals surface area contributed by atoms with E-state index in [1.165, 1.54) is 0 Å². The molecule has 1 amide bonds. The lowest BCUT2D eigenvalue weighted by atomic mass is 10.2. The zero-order chi connectivity index (χ0) is 8.69. The normalized spacial score (nSPS) is 12.6. The summed E-state index contributed by atoms with van der Waals surface area (Å²) >= 11 is 4.22. The Hall–Kier alpha value is -0.180. The van der Waals surface area contributed by atoms with Gasteiger partial charge in [-0.1, -0.05) is 6.92 Å². The minimum absolute atomic E-state index is 0.154. The average Bonchev–Trinajstić information content (AvgIpc) is 1.87. The molecule has 0 aliphatic carbocycles. The molecule has 0 saturated heterocycles. The van der Waals surface area contributed by atoms with Crippen LogP contribution in [-0.2, 0) is 4.79 Å². The fourth-order valence-corrected chi connectivity index (χ4v) is 1.03. The van der Waals surface area contributed by atoms with E-state index in [9.17, 15) is 4.79 Å². The molecule has 1 unspecified atom stereocenters. The highest BCUT2D eigenvalue weighted by atomic mass is 32.1. The van der Waals surface area contributed by atoms with Crippen molar-refractivity contribution in [3.63, 3.8) is 0 Å². The molecule has 2 nitrogen and oxygen atoms in total. The van der Waals surface area contributed by atoms with E-state index < -0.39 is 0 Å². The summed E-state index contributed by atoms with van der Waals surface area (Å²) in [4.78, 5) is 10.9. The number of carbonyl (C=O) groups is 1. The number of amides is 1. The van der Waals surface area contributed by atoms with Gasteiger partial charge < -0.3 is 5.32 Å². The van der Waals surface area contributed by atoms with Gasteiger partial charge in [-0.25, -0.2) is 0 Å². The van der Waals surface area contributed by atoms with Crippen molar-refractivity contribution in [3.05, 3.63) is 0 Å². The number of hydrogen-bond donors (Lipinski definition) is 2. The molecule has 0 radical (unpaired) electrons. The van der Waals surface area contributed by atoms with Gasteiger partial charge in [-0.05, 0) is 25.0 Å². The fourth-order valence-electron chi connectivity index (χ4n) is 0.844. The van der Waals surface area contributed by atoms with Crippen LogP contribution in [-0.4, -0.2) is 17.7 Å². The zero-order valence-electron chi connectivity index (χ0n) is 7.26. The topological polar surface area (TPSA) is 29.1 Å². The van der Waals surface area contributed by atoms with Crippen LogP contribution in [0.5, 0.6) is 0 Å². The van der Waals surface area contributed by atoms with Crippen molar-refractivity contribution in [2.75, 3.05) is 6.54 Å².